The molecule has 0 spiro atoms. The predicted molar refractivity (Wildman–Crippen MR) is 62.1 cm³/mol. The largest absolute Gasteiger partial charge is 0.119 e. The van der Waals surface area contributed by atoms with Crippen molar-refractivity contribution in [2.75, 3.05) is 0 Å². The Kier molecular flexibility index (Phi) is 2.64. The Bertz CT molecular complexity index is 377. The van der Waals surface area contributed by atoms with Crippen LogP contribution in [0.1, 0.15) is 37.8 Å². The van der Waals surface area contributed by atoms with E-state index in [0.29, 0.717) is 0 Å². The van der Waals surface area contributed by atoms with E-state index in [-0.39, 0.29) is 0 Å². The molecule has 1 aliphatic carbocycles. The minimum Gasteiger partial charge on any atom is -0.106 e. The second kappa shape index (κ2) is 3.78. The Labute approximate surface area is 90.6 Å². The van der Waals surface area contributed by atoms with Crippen molar-refractivity contribution < 1.29 is 0 Å². The summed E-state index contributed by atoms with van der Waals surface area (Å²) < 4.78 is 0. The van der Waals surface area contributed by atoms with Crippen LogP contribution < -0.4 is 0 Å². The molecule has 1 aromatic carbocycles. The van der Waals surface area contributed by atoms with Crippen molar-refractivity contribution in [3.63, 3.8) is 0 Å². The highest BCUT2D eigenvalue weighted by Crippen LogP contribution is 2.45. The van der Waals surface area contributed by atoms with Gasteiger partial charge in [0.2, 0.25) is 0 Å². The molecule has 0 saturated heterocycles. The summed E-state index contributed by atoms with van der Waals surface area (Å²) >= 11 is 6.34. The van der Waals surface area contributed by atoms with Gasteiger partial charge >= 0.3 is 0 Å². The van der Waals surface area contributed by atoms with Gasteiger partial charge in [0.15, 0.2) is 0 Å². The standard InChI is InChI=1S/C13H14Cl/c1-3-9-10(4-2)13(14)12-8-6-5-7-11(9)12/h5-8H,3-4H2,1-2H3. The quantitative estimate of drug-likeness (QED) is 0.672. The van der Waals surface area contributed by atoms with Gasteiger partial charge in [0, 0.05) is 0 Å². The molecule has 1 heteroatoms. The van der Waals surface area contributed by atoms with E-state index in [1.807, 2.05) is 6.07 Å². The number of hydrogen-bond donors (Lipinski definition) is 0. The van der Waals surface area contributed by atoms with Gasteiger partial charge in [-0.15, -0.1) is 11.6 Å². The summed E-state index contributed by atoms with van der Waals surface area (Å²) in [6.45, 7) is 4.36. The minimum atomic E-state index is 0.958. The molecule has 0 N–H and O–H groups in total. The highest BCUT2D eigenvalue weighted by Gasteiger charge is 2.27. The first kappa shape index (κ1) is 9.79. The highest BCUT2D eigenvalue weighted by atomic mass is 35.5. The maximum Gasteiger partial charge on any atom is 0.119 e. The van der Waals surface area contributed by atoms with E-state index in [9.17, 15) is 0 Å². The van der Waals surface area contributed by atoms with Gasteiger partial charge in [-0.1, -0.05) is 38.1 Å². The van der Waals surface area contributed by atoms with Gasteiger partial charge in [-0.05, 0) is 35.1 Å². The number of halogens is 1. The summed E-state index contributed by atoms with van der Waals surface area (Å²) in [5.41, 5.74) is 5.29. The van der Waals surface area contributed by atoms with Crippen molar-refractivity contribution in [3.05, 3.63) is 46.3 Å². The molecule has 0 amide bonds. The lowest BCUT2D eigenvalue weighted by Crippen LogP contribution is -1.89. The molecule has 0 unspecified atom stereocenters. The van der Waals surface area contributed by atoms with Crippen LogP contribution in [-0.4, -0.2) is 0 Å². The summed E-state index contributed by atoms with van der Waals surface area (Å²) in [6, 6.07) is 8.40. The van der Waals surface area contributed by atoms with Gasteiger partial charge in [0.1, 0.15) is 5.38 Å². The van der Waals surface area contributed by atoms with E-state index >= 15 is 0 Å². The van der Waals surface area contributed by atoms with Crippen LogP contribution in [-0.2, 0) is 0 Å². The number of rotatable bonds is 2. The molecule has 0 bridgehead atoms. The van der Waals surface area contributed by atoms with E-state index in [4.69, 9.17) is 11.6 Å². The van der Waals surface area contributed by atoms with E-state index in [1.165, 1.54) is 22.3 Å². The molecular formula is C13H14Cl. The first-order valence-electron chi connectivity index (χ1n) is 5.14. The van der Waals surface area contributed by atoms with Crippen LogP contribution in [0.4, 0.5) is 0 Å². The van der Waals surface area contributed by atoms with E-state index in [1.54, 1.807) is 0 Å². The topological polar surface area (TPSA) is 0 Å². The van der Waals surface area contributed by atoms with Gasteiger partial charge in [-0.3, -0.25) is 0 Å². The molecule has 0 saturated carbocycles. The average Bonchev–Trinajstić information content (AvgIpc) is 2.51. The van der Waals surface area contributed by atoms with Crippen LogP contribution in [0.15, 0.2) is 29.8 Å². The summed E-state index contributed by atoms with van der Waals surface area (Å²) in [7, 11) is 0. The lowest BCUT2D eigenvalue weighted by molar-refractivity contribution is 1.10. The molecule has 0 aliphatic heterocycles. The molecule has 1 aromatic rings. The highest BCUT2D eigenvalue weighted by molar-refractivity contribution is 6.33. The van der Waals surface area contributed by atoms with E-state index in [2.05, 4.69) is 32.0 Å². The van der Waals surface area contributed by atoms with Crippen molar-refractivity contribution in [2.45, 2.75) is 26.7 Å². The maximum absolute atomic E-state index is 6.34. The first-order valence-corrected chi connectivity index (χ1v) is 5.52. The Morgan fingerprint density at radius 1 is 0.929 bits per heavy atom. The molecular weight excluding hydrogens is 192 g/mol. The third-order valence-electron chi connectivity index (χ3n) is 2.82. The summed E-state index contributed by atoms with van der Waals surface area (Å²) in [5, 5.41) is 0.958. The summed E-state index contributed by atoms with van der Waals surface area (Å²) in [5.74, 6) is 0. The molecule has 1 radical (unpaired) electrons. The molecule has 0 nitrogen and oxygen atoms in total. The Morgan fingerprint density at radius 2 is 1.50 bits per heavy atom. The molecule has 73 valence electrons. The minimum absolute atomic E-state index is 0.958. The van der Waals surface area contributed by atoms with Crippen molar-refractivity contribution in [3.8, 4) is 0 Å². The Hall–Kier alpha value is -0.750. The second-order valence-electron chi connectivity index (χ2n) is 3.52. The van der Waals surface area contributed by atoms with E-state index < -0.39 is 0 Å². The van der Waals surface area contributed by atoms with Gasteiger partial charge in [0.25, 0.3) is 0 Å². The van der Waals surface area contributed by atoms with Crippen molar-refractivity contribution in [1.82, 2.24) is 0 Å². The van der Waals surface area contributed by atoms with Crippen LogP contribution in [0.5, 0.6) is 0 Å². The van der Waals surface area contributed by atoms with Gasteiger partial charge in [-0.2, -0.15) is 0 Å². The fourth-order valence-electron chi connectivity index (χ4n) is 2.17. The molecule has 0 atom stereocenters. The van der Waals surface area contributed by atoms with Gasteiger partial charge < -0.3 is 0 Å². The Morgan fingerprint density at radius 3 is 2.07 bits per heavy atom. The molecule has 2 rings (SSSR count). The fourth-order valence-corrected chi connectivity index (χ4v) is 2.58. The third-order valence-corrected chi connectivity index (χ3v) is 3.26. The monoisotopic (exact) mass is 205 g/mol. The van der Waals surface area contributed by atoms with Crippen LogP contribution >= 0.6 is 11.6 Å². The first-order chi connectivity index (χ1) is 6.79. The predicted octanol–water partition coefficient (Wildman–Crippen LogP) is 4.39. The van der Waals surface area contributed by atoms with Crippen LogP contribution in [0, 0.1) is 5.38 Å². The van der Waals surface area contributed by atoms with Gasteiger partial charge in [-0.25, -0.2) is 0 Å². The molecule has 0 heterocycles. The van der Waals surface area contributed by atoms with Crippen molar-refractivity contribution >= 4 is 17.2 Å². The van der Waals surface area contributed by atoms with Crippen LogP contribution in [0.25, 0.3) is 5.57 Å². The SMILES string of the molecule is CCC1=C(CC)c2ccccc2[C]1Cl. The lowest BCUT2D eigenvalue weighted by Gasteiger charge is -2.05. The summed E-state index contributed by atoms with van der Waals surface area (Å²) in [6.07, 6.45) is 2.09. The normalized spacial score (nSPS) is 16.2. The van der Waals surface area contributed by atoms with Crippen LogP contribution in [0.2, 0.25) is 0 Å². The van der Waals surface area contributed by atoms with Gasteiger partial charge in [0.05, 0.1) is 0 Å². The molecule has 0 fully saturated rings. The van der Waals surface area contributed by atoms with Crippen LogP contribution in [0.3, 0.4) is 0 Å². The second-order valence-corrected chi connectivity index (χ2v) is 3.90. The number of hydrogen-bond acceptors (Lipinski definition) is 0. The van der Waals surface area contributed by atoms with Crippen molar-refractivity contribution in [1.29, 1.82) is 0 Å². The Balaban J connectivity index is 2.57. The lowest BCUT2D eigenvalue weighted by atomic mass is 10.0. The number of benzene rings is 1. The zero-order chi connectivity index (χ0) is 10.1. The van der Waals surface area contributed by atoms with Crippen molar-refractivity contribution in [2.24, 2.45) is 0 Å². The fraction of sp³-hybridized carbons (Fsp3) is 0.308. The molecule has 0 aromatic heterocycles. The summed E-state index contributed by atoms with van der Waals surface area (Å²) in [4.78, 5) is 0. The van der Waals surface area contributed by atoms with E-state index in [0.717, 1.165) is 18.2 Å². The zero-order valence-electron chi connectivity index (χ0n) is 8.60. The third kappa shape index (κ3) is 1.29. The smallest absolute Gasteiger partial charge is 0.106 e. The maximum atomic E-state index is 6.34. The molecule has 14 heavy (non-hydrogen) atoms. The average molecular weight is 206 g/mol. The number of allylic oxidation sites excluding steroid dienone is 2. The molecule has 1 aliphatic rings. The zero-order valence-corrected chi connectivity index (χ0v) is 9.36. The number of fused-ring (bicyclic) bond motifs is 1.